The van der Waals surface area contributed by atoms with Crippen LogP contribution in [0.4, 0.5) is 0 Å². The molecular weight excluding hydrogens is 240 g/mol. The first kappa shape index (κ1) is 20.1. The van der Waals surface area contributed by atoms with Gasteiger partial charge in [-0.15, -0.1) is 0 Å². The summed E-state index contributed by atoms with van der Waals surface area (Å²) in [5.74, 6) is 0. The Kier molecular flexibility index (Phi) is 16.5. The molecule has 6 heteroatoms. The van der Waals surface area contributed by atoms with Crippen molar-refractivity contribution in [2.24, 2.45) is 0 Å². The van der Waals surface area contributed by atoms with E-state index in [0.717, 1.165) is 0 Å². The minimum Gasteiger partial charge on any atom is -0.396 e. The second-order valence-corrected chi connectivity index (χ2v) is 4.17. The van der Waals surface area contributed by atoms with E-state index in [-0.39, 0.29) is 26.2 Å². The van der Waals surface area contributed by atoms with Gasteiger partial charge in [0.2, 0.25) is 0 Å². The minimum absolute atomic E-state index is 0.0204. The van der Waals surface area contributed by atoms with Crippen LogP contribution >= 0.6 is 0 Å². The first-order chi connectivity index (χ1) is 8.51. The zero-order valence-corrected chi connectivity index (χ0v) is 11.1. The highest BCUT2D eigenvalue weighted by Crippen LogP contribution is 2.00. The molecule has 0 rings (SSSR count). The van der Waals surface area contributed by atoms with Crippen molar-refractivity contribution in [1.82, 2.24) is 0 Å². The van der Waals surface area contributed by atoms with Gasteiger partial charge in [-0.25, -0.2) is 0 Å². The van der Waals surface area contributed by atoms with Crippen LogP contribution in [0.25, 0.3) is 0 Å². The summed E-state index contributed by atoms with van der Waals surface area (Å²) in [6, 6.07) is 0. The molecule has 0 bridgehead atoms. The summed E-state index contributed by atoms with van der Waals surface area (Å²) in [5, 5.41) is 51.5. The smallest absolute Gasteiger partial charge is 0.0795 e. The van der Waals surface area contributed by atoms with E-state index in [0.29, 0.717) is 25.7 Å². The van der Waals surface area contributed by atoms with Crippen molar-refractivity contribution in [3.05, 3.63) is 0 Å². The van der Waals surface area contributed by atoms with Crippen LogP contribution in [-0.2, 0) is 0 Å². The van der Waals surface area contributed by atoms with E-state index in [4.69, 9.17) is 30.6 Å². The number of hydrogen-bond acceptors (Lipinski definition) is 6. The van der Waals surface area contributed by atoms with Crippen LogP contribution in [0, 0.1) is 0 Å². The Hall–Kier alpha value is -0.240. The Morgan fingerprint density at radius 2 is 1.39 bits per heavy atom. The van der Waals surface area contributed by atoms with Gasteiger partial charge in [-0.2, -0.15) is 0 Å². The molecule has 0 saturated heterocycles. The molecule has 3 unspecified atom stereocenters. The Bertz CT molecular complexity index is 148. The Labute approximate surface area is 109 Å². The Morgan fingerprint density at radius 1 is 0.778 bits per heavy atom. The second kappa shape index (κ2) is 14.8. The molecule has 0 amide bonds. The normalized spacial score (nSPS) is 15.5. The lowest BCUT2D eigenvalue weighted by Gasteiger charge is -2.10. The van der Waals surface area contributed by atoms with Gasteiger partial charge in [0.1, 0.15) is 0 Å². The van der Waals surface area contributed by atoms with Gasteiger partial charge >= 0.3 is 0 Å². The predicted molar refractivity (Wildman–Crippen MR) is 68.0 cm³/mol. The maximum absolute atomic E-state index is 8.91. The standard InChI is InChI=1S/2C6H14O3/c1-2-5(8)3-6(9)4-7;7-4-1-2-6(9)3-5-8/h5-9H,2-4H2,1H3;6-9H,1-5H2. The van der Waals surface area contributed by atoms with Crippen LogP contribution in [0.2, 0.25) is 0 Å². The summed E-state index contributed by atoms with van der Waals surface area (Å²) in [5.41, 5.74) is 0. The summed E-state index contributed by atoms with van der Waals surface area (Å²) in [6.07, 6.45) is 0.816. The van der Waals surface area contributed by atoms with Gasteiger partial charge < -0.3 is 30.6 Å². The van der Waals surface area contributed by atoms with Crippen molar-refractivity contribution >= 4 is 0 Å². The largest absolute Gasteiger partial charge is 0.396 e. The summed E-state index contributed by atoms with van der Waals surface area (Å²) in [7, 11) is 0. The topological polar surface area (TPSA) is 121 Å². The fourth-order valence-corrected chi connectivity index (χ4v) is 1.18. The van der Waals surface area contributed by atoms with Crippen molar-refractivity contribution in [3.63, 3.8) is 0 Å². The zero-order chi connectivity index (χ0) is 14.4. The first-order valence-electron chi connectivity index (χ1n) is 6.38. The van der Waals surface area contributed by atoms with Crippen LogP contribution in [0.15, 0.2) is 0 Å². The SMILES string of the molecule is CCC(O)CC(O)CO.OCCCC(O)CCO. The average molecular weight is 268 g/mol. The van der Waals surface area contributed by atoms with Gasteiger partial charge in [-0.1, -0.05) is 6.92 Å². The van der Waals surface area contributed by atoms with Crippen molar-refractivity contribution in [3.8, 4) is 0 Å². The van der Waals surface area contributed by atoms with E-state index >= 15 is 0 Å². The lowest BCUT2D eigenvalue weighted by Crippen LogP contribution is -2.19. The van der Waals surface area contributed by atoms with Gasteiger partial charge in [0.25, 0.3) is 0 Å². The molecule has 0 aliphatic heterocycles. The molecule has 0 aliphatic carbocycles. The third kappa shape index (κ3) is 15.8. The summed E-state index contributed by atoms with van der Waals surface area (Å²) in [4.78, 5) is 0. The molecule has 0 aromatic carbocycles. The molecule has 0 fully saturated rings. The summed E-state index contributed by atoms with van der Waals surface area (Å²) < 4.78 is 0. The third-order valence-electron chi connectivity index (χ3n) is 2.38. The molecule has 0 heterocycles. The molecule has 0 aromatic rings. The molecular formula is C12H28O6. The molecule has 0 saturated carbocycles. The summed E-state index contributed by atoms with van der Waals surface area (Å²) >= 11 is 0. The highest BCUT2D eigenvalue weighted by Gasteiger charge is 2.07. The minimum atomic E-state index is -0.764. The fourth-order valence-electron chi connectivity index (χ4n) is 1.18. The van der Waals surface area contributed by atoms with Crippen LogP contribution < -0.4 is 0 Å². The van der Waals surface area contributed by atoms with Crippen molar-refractivity contribution in [2.45, 2.75) is 57.3 Å². The first-order valence-corrected chi connectivity index (χ1v) is 6.38. The molecule has 0 spiro atoms. The fraction of sp³-hybridized carbons (Fsp3) is 1.00. The predicted octanol–water partition coefficient (Wildman–Crippen LogP) is -0.997. The van der Waals surface area contributed by atoms with Gasteiger partial charge in [-0.05, 0) is 25.7 Å². The van der Waals surface area contributed by atoms with Crippen molar-refractivity contribution in [1.29, 1.82) is 0 Å². The quantitative estimate of drug-likeness (QED) is 0.319. The number of rotatable bonds is 9. The van der Waals surface area contributed by atoms with Crippen LogP contribution in [-0.4, -0.2) is 68.8 Å². The molecule has 0 aliphatic rings. The van der Waals surface area contributed by atoms with Crippen molar-refractivity contribution < 1.29 is 30.6 Å². The third-order valence-corrected chi connectivity index (χ3v) is 2.38. The van der Waals surface area contributed by atoms with Crippen LogP contribution in [0.1, 0.15) is 39.0 Å². The molecule has 6 nitrogen and oxygen atoms in total. The maximum atomic E-state index is 8.91. The highest BCUT2D eigenvalue weighted by atomic mass is 16.3. The summed E-state index contributed by atoms with van der Waals surface area (Å²) in [6.45, 7) is 1.70. The Balaban J connectivity index is 0. The lowest BCUT2D eigenvalue weighted by atomic mass is 10.1. The van der Waals surface area contributed by atoms with E-state index in [9.17, 15) is 0 Å². The van der Waals surface area contributed by atoms with E-state index in [1.807, 2.05) is 6.92 Å². The Morgan fingerprint density at radius 3 is 1.78 bits per heavy atom. The van der Waals surface area contributed by atoms with Crippen LogP contribution in [0.3, 0.4) is 0 Å². The van der Waals surface area contributed by atoms with Gasteiger partial charge in [0, 0.05) is 19.6 Å². The van der Waals surface area contributed by atoms with Crippen molar-refractivity contribution in [2.75, 3.05) is 19.8 Å². The number of aliphatic hydroxyl groups is 6. The second-order valence-electron chi connectivity index (χ2n) is 4.17. The van der Waals surface area contributed by atoms with E-state index in [1.54, 1.807) is 0 Å². The molecule has 0 radical (unpaired) electrons. The molecule has 0 aromatic heterocycles. The lowest BCUT2D eigenvalue weighted by molar-refractivity contribution is 0.0406. The zero-order valence-electron chi connectivity index (χ0n) is 11.1. The maximum Gasteiger partial charge on any atom is 0.0795 e. The van der Waals surface area contributed by atoms with Gasteiger partial charge in [-0.3, -0.25) is 0 Å². The molecule has 3 atom stereocenters. The molecule has 18 heavy (non-hydrogen) atoms. The average Bonchev–Trinajstić information content (AvgIpc) is 2.37. The van der Waals surface area contributed by atoms with Crippen LogP contribution in [0.5, 0.6) is 0 Å². The number of hydrogen-bond donors (Lipinski definition) is 6. The van der Waals surface area contributed by atoms with Gasteiger partial charge in [0.15, 0.2) is 0 Å². The highest BCUT2D eigenvalue weighted by molar-refractivity contribution is 4.59. The monoisotopic (exact) mass is 268 g/mol. The molecule has 112 valence electrons. The molecule has 6 N–H and O–H groups in total. The number of aliphatic hydroxyl groups excluding tert-OH is 6. The van der Waals surface area contributed by atoms with E-state index in [2.05, 4.69) is 0 Å². The van der Waals surface area contributed by atoms with E-state index in [1.165, 1.54) is 0 Å². The van der Waals surface area contributed by atoms with Gasteiger partial charge in [0.05, 0.1) is 24.9 Å². The van der Waals surface area contributed by atoms with E-state index < -0.39 is 18.3 Å².